The van der Waals surface area contributed by atoms with E-state index in [9.17, 15) is 4.79 Å². The minimum atomic E-state index is -0.0232. The second kappa shape index (κ2) is 6.09. The molecule has 0 atom stereocenters. The van der Waals surface area contributed by atoms with Crippen LogP contribution in [0.4, 0.5) is 0 Å². The van der Waals surface area contributed by atoms with Crippen molar-refractivity contribution < 1.29 is 4.79 Å². The van der Waals surface area contributed by atoms with Gasteiger partial charge in [0.05, 0.1) is 23.5 Å². The van der Waals surface area contributed by atoms with Crippen molar-refractivity contribution in [3.05, 3.63) is 52.3 Å². The Bertz CT molecular complexity index is 585. The second-order valence-corrected chi connectivity index (χ2v) is 5.18. The molecule has 0 N–H and O–H groups in total. The zero-order chi connectivity index (χ0) is 14.7. The Balaban J connectivity index is 2.12. The van der Waals surface area contributed by atoms with Crippen molar-refractivity contribution in [2.24, 2.45) is 7.05 Å². The molecule has 0 aliphatic rings. The van der Waals surface area contributed by atoms with E-state index in [1.807, 2.05) is 31.3 Å². The fraction of sp³-hybridized carbons (Fsp3) is 0.333. The standard InChI is InChI=1S/C15H18ClN3O/c1-4-11-5-7-12(8-6-11)15(20)18(2)10-14-13(16)9-17-19(14)3/h5-9H,4,10H2,1-3H3. The molecule has 1 aromatic carbocycles. The van der Waals surface area contributed by atoms with E-state index in [1.165, 1.54) is 5.56 Å². The number of benzene rings is 1. The highest BCUT2D eigenvalue weighted by molar-refractivity contribution is 6.31. The average molecular weight is 292 g/mol. The predicted octanol–water partition coefficient (Wildman–Crippen LogP) is 2.91. The van der Waals surface area contributed by atoms with Crippen LogP contribution in [0, 0.1) is 0 Å². The maximum absolute atomic E-state index is 12.3. The average Bonchev–Trinajstić information content (AvgIpc) is 2.78. The van der Waals surface area contributed by atoms with Gasteiger partial charge in [0.15, 0.2) is 0 Å². The number of halogens is 1. The van der Waals surface area contributed by atoms with Crippen molar-refractivity contribution in [2.75, 3.05) is 7.05 Å². The van der Waals surface area contributed by atoms with Gasteiger partial charge in [0.25, 0.3) is 5.91 Å². The summed E-state index contributed by atoms with van der Waals surface area (Å²) in [6.07, 6.45) is 2.56. The third-order valence-electron chi connectivity index (χ3n) is 3.35. The summed E-state index contributed by atoms with van der Waals surface area (Å²) in [5.74, 6) is -0.0232. The van der Waals surface area contributed by atoms with Gasteiger partial charge in [-0.2, -0.15) is 5.10 Å². The number of aromatic nitrogens is 2. The van der Waals surface area contributed by atoms with Crippen molar-refractivity contribution in [3.63, 3.8) is 0 Å². The highest BCUT2D eigenvalue weighted by atomic mass is 35.5. The Morgan fingerprint density at radius 1 is 1.35 bits per heavy atom. The van der Waals surface area contributed by atoms with Crippen LogP contribution in [0.25, 0.3) is 0 Å². The molecule has 0 aliphatic heterocycles. The monoisotopic (exact) mass is 291 g/mol. The van der Waals surface area contributed by atoms with Gasteiger partial charge in [-0.1, -0.05) is 30.7 Å². The molecule has 20 heavy (non-hydrogen) atoms. The molecule has 0 bridgehead atoms. The highest BCUT2D eigenvalue weighted by Crippen LogP contribution is 2.17. The fourth-order valence-corrected chi connectivity index (χ4v) is 2.24. The summed E-state index contributed by atoms with van der Waals surface area (Å²) >= 11 is 6.06. The molecule has 2 rings (SSSR count). The van der Waals surface area contributed by atoms with Crippen LogP contribution in [-0.4, -0.2) is 27.6 Å². The van der Waals surface area contributed by atoms with E-state index in [0.29, 0.717) is 17.1 Å². The molecule has 0 unspecified atom stereocenters. The molecule has 5 heteroatoms. The lowest BCUT2D eigenvalue weighted by Crippen LogP contribution is -2.27. The van der Waals surface area contributed by atoms with Crippen LogP contribution in [0.15, 0.2) is 30.5 Å². The second-order valence-electron chi connectivity index (χ2n) is 4.77. The summed E-state index contributed by atoms with van der Waals surface area (Å²) < 4.78 is 1.69. The summed E-state index contributed by atoms with van der Waals surface area (Å²) in [4.78, 5) is 14.0. The SMILES string of the molecule is CCc1ccc(C(=O)N(C)Cc2c(Cl)cnn2C)cc1. The number of carbonyl (C=O) groups excluding carboxylic acids is 1. The fourth-order valence-electron chi connectivity index (χ4n) is 2.01. The van der Waals surface area contributed by atoms with Crippen molar-refractivity contribution >= 4 is 17.5 Å². The van der Waals surface area contributed by atoms with Gasteiger partial charge in [-0.15, -0.1) is 0 Å². The van der Waals surface area contributed by atoms with E-state index in [2.05, 4.69) is 12.0 Å². The molecule has 106 valence electrons. The molecule has 0 radical (unpaired) electrons. The molecular formula is C15H18ClN3O. The number of hydrogen-bond donors (Lipinski definition) is 0. The van der Waals surface area contributed by atoms with Gasteiger partial charge in [0, 0.05) is 19.7 Å². The Kier molecular flexibility index (Phi) is 4.45. The first kappa shape index (κ1) is 14.6. The van der Waals surface area contributed by atoms with Gasteiger partial charge >= 0.3 is 0 Å². The Labute approximate surface area is 124 Å². The van der Waals surface area contributed by atoms with Crippen molar-refractivity contribution in [3.8, 4) is 0 Å². The quantitative estimate of drug-likeness (QED) is 0.869. The van der Waals surface area contributed by atoms with Crippen LogP contribution in [0.3, 0.4) is 0 Å². The Hall–Kier alpha value is -1.81. The molecule has 0 spiro atoms. The Morgan fingerprint density at radius 3 is 2.50 bits per heavy atom. The van der Waals surface area contributed by atoms with E-state index in [-0.39, 0.29) is 5.91 Å². The lowest BCUT2D eigenvalue weighted by molar-refractivity contribution is 0.0782. The lowest BCUT2D eigenvalue weighted by Gasteiger charge is -2.17. The minimum Gasteiger partial charge on any atom is -0.336 e. The van der Waals surface area contributed by atoms with E-state index in [0.717, 1.165) is 12.1 Å². The number of amides is 1. The van der Waals surface area contributed by atoms with E-state index >= 15 is 0 Å². The van der Waals surface area contributed by atoms with Gasteiger partial charge in [-0.05, 0) is 24.1 Å². The van der Waals surface area contributed by atoms with Crippen LogP contribution < -0.4 is 0 Å². The number of carbonyl (C=O) groups is 1. The zero-order valence-electron chi connectivity index (χ0n) is 11.9. The van der Waals surface area contributed by atoms with Crippen molar-refractivity contribution in [1.29, 1.82) is 0 Å². The highest BCUT2D eigenvalue weighted by Gasteiger charge is 2.15. The topological polar surface area (TPSA) is 38.1 Å². The van der Waals surface area contributed by atoms with Crippen molar-refractivity contribution in [2.45, 2.75) is 19.9 Å². The zero-order valence-corrected chi connectivity index (χ0v) is 12.7. The molecule has 1 aromatic heterocycles. The summed E-state index contributed by atoms with van der Waals surface area (Å²) in [6.45, 7) is 2.52. The summed E-state index contributed by atoms with van der Waals surface area (Å²) in [5.41, 5.74) is 2.73. The van der Waals surface area contributed by atoms with Crippen LogP contribution in [-0.2, 0) is 20.0 Å². The van der Waals surface area contributed by atoms with Crippen LogP contribution in [0.2, 0.25) is 5.02 Å². The molecule has 1 heterocycles. The largest absolute Gasteiger partial charge is 0.336 e. The molecule has 0 aliphatic carbocycles. The van der Waals surface area contributed by atoms with E-state index in [4.69, 9.17) is 11.6 Å². The molecule has 0 saturated carbocycles. The number of hydrogen-bond acceptors (Lipinski definition) is 2. The molecule has 1 amide bonds. The first-order valence-electron chi connectivity index (χ1n) is 6.53. The summed E-state index contributed by atoms with van der Waals surface area (Å²) in [6, 6.07) is 7.70. The molecule has 4 nitrogen and oxygen atoms in total. The molecule has 2 aromatic rings. The number of aryl methyl sites for hydroxylation is 2. The van der Waals surface area contributed by atoms with Crippen LogP contribution in [0.1, 0.15) is 28.5 Å². The molecule has 0 fully saturated rings. The van der Waals surface area contributed by atoms with Gasteiger partial charge < -0.3 is 4.90 Å². The maximum Gasteiger partial charge on any atom is 0.253 e. The van der Waals surface area contributed by atoms with E-state index < -0.39 is 0 Å². The van der Waals surface area contributed by atoms with E-state index in [1.54, 1.807) is 22.8 Å². The normalized spacial score (nSPS) is 10.6. The van der Waals surface area contributed by atoms with Gasteiger partial charge in [-0.25, -0.2) is 0 Å². The molecular weight excluding hydrogens is 274 g/mol. The maximum atomic E-state index is 12.3. The number of rotatable bonds is 4. The Morgan fingerprint density at radius 2 is 2.00 bits per heavy atom. The number of nitrogens with zero attached hydrogens (tertiary/aromatic N) is 3. The predicted molar refractivity (Wildman–Crippen MR) is 79.8 cm³/mol. The van der Waals surface area contributed by atoms with Crippen LogP contribution in [0.5, 0.6) is 0 Å². The van der Waals surface area contributed by atoms with Gasteiger partial charge in [0.2, 0.25) is 0 Å². The summed E-state index contributed by atoms with van der Waals surface area (Å²) in [5, 5.41) is 4.65. The van der Waals surface area contributed by atoms with Gasteiger partial charge in [-0.3, -0.25) is 9.48 Å². The van der Waals surface area contributed by atoms with Gasteiger partial charge in [0.1, 0.15) is 0 Å². The minimum absolute atomic E-state index is 0.0232. The smallest absolute Gasteiger partial charge is 0.253 e. The first-order valence-corrected chi connectivity index (χ1v) is 6.91. The van der Waals surface area contributed by atoms with Crippen molar-refractivity contribution in [1.82, 2.24) is 14.7 Å². The third kappa shape index (κ3) is 3.02. The summed E-state index contributed by atoms with van der Waals surface area (Å²) in [7, 11) is 3.58. The lowest BCUT2D eigenvalue weighted by atomic mass is 10.1. The third-order valence-corrected chi connectivity index (χ3v) is 3.67. The first-order chi connectivity index (χ1) is 9.52. The van der Waals surface area contributed by atoms with Crippen LogP contribution >= 0.6 is 11.6 Å². The molecule has 0 saturated heterocycles.